The second kappa shape index (κ2) is 9.50. The fraction of sp³-hybridized carbons (Fsp3) is 0.562. The standard InChI is InChI=1S/C16H26N2O2/c1-4-18(5-2)16(19)10-11-17-12-14-8-6-7-9-15(14)13-20-3/h6-9,17H,4-5,10-13H2,1-3H3. The van der Waals surface area contributed by atoms with Crippen LogP contribution in [-0.4, -0.2) is 37.6 Å². The molecule has 1 aromatic carbocycles. The monoisotopic (exact) mass is 278 g/mol. The van der Waals surface area contributed by atoms with E-state index in [0.29, 0.717) is 19.6 Å². The number of ether oxygens (including phenoxy) is 1. The van der Waals surface area contributed by atoms with Gasteiger partial charge in [-0.3, -0.25) is 4.79 Å². The van der Waals surface area contributed by atoms with Gasteiger partial charge in [0, 0.05) is 39.7 Å². The van der Waals surface area contributed by atoms with Crippen LogP contribution in [0.4, 0.5) is 0 Å². The Hall–Kier alpha value is -1.39. The van der Waals surface area contributed by atoms with E-state index in [1.165, 1.54) is 11.1 Å². The number of hydrogen-bond acceptors (Lipinski definition) is 3. The van der Waals surface area contributed by atoms with Crippen LogP contribution in [0.2, 0.25) is 0 Å². The third-order valence-electron chi connectivity index (χ3n) is 3.37. The molecule has 0 heterocycles. The minimum Gasteiger partial charge on any atom is -0.380 e. The van der Waals surface area contributed by atoms with Crippen LogP contribution in [0.15, 0.2) is 24.3 Å². The van der Waals surface area contributed by atoms with Crippen LogP contribution < -0.4 is 5.32 Å². The van der Waals surface area contributed by atoms with Gasteiger partial charge in [0.05, 0.1) is 6.61 Å². The van der Waals surface area contributed by atoms with E-state index in [1.807, 2.05) is 30.9 Å². The zero-order valence-electron chi connectivity index (χ0n) is 12.8. The van der Waals surface area contributed by atoms with Crippen LogP contribution >= 0.6 is 0 Å². The molecule has 0 aliphatic rings. The molecule has 1 N–H and O–H groups in total. The van der Waals surface area contributed by atoms with E-state index in [9.17, 15) is 4.79 Å². The summed E-state index contributed by atoms with van der Waals surface area (Å²) in [4.78, 5) is 13.7. The first-order valence-corrected chi connectivity index (χ1v) is 7.27. The summed E-state index contributed by atoms with van der Waals surface area (Å²) in [6.45, 7) is 7.68. The molecular formula is C16H26N2O2. The molecule has 112 valence electrons. The summed E-state index contributed by atoms with van der Waals surface area (Å²) in [5.41, 5.74) is 2.42. The van der Waals surface area contributed by atoms with Crippen LogP contribution in [0, 0.1) is 0 Å². The Kier molecular flexibility index (Phi) is 7.92. The van der Waals surface area contributed by atoms with Crippen LogP contribution in [0.5, 0.6) is 0 Å². The molecule has 0 bridgehead atoms. The molecule has 0 saturated carbocycles. The van der Waals surface area contributed by atoms with Gasteiger partial charge in [-0.1, -0.05) is 24.3 Å². The van der Waals surface area contributed by atoms with E-state index in [2.05, 4.69) is 17.4 Å². The van der Waals surface area contributed by atoms with Gasteiger partial charge in [0.15, 0.2) is 0 Å². The fourth-order valence-electron chi connectivity index (χ4n) is 2.18. The predicted octanol–water partition coefficient (Wildman–Crippen LogP) is 2.18. The largest absolute Gasteiger partial charge is 0.380 e. The number of hydrogen-bond donors (Lipinski definition) is 1. The number of carbonyl (C=O) groups is 1. The molecule has 4 heteroatoms. The van der Waals surface area contributed by atoms with E-state index in [0.717, 1.165) is 19.6 Å². The number of nitrogens with zero attached hydrogens (tertiary/aromatic N) is 1. The van der Waals surface area contributed by atoms with Gasteiger partial charge in [-0.05, 0) is 25.0 Å². The smallest absolute Gasteiger partial charge is 0.223 e. The van der Waals surface area contributed by atoms with Crippen molar-refractivity contribution in [3.05, 3.63) is 35.4 Å². The van der Waals surface area contributed by atoms with Crippen molar-refractivity contribution in [2.24, 2.45) is 0 Å². The quantitative estimate of drug-likeness (QED) is 0.704. The maximum Gasteiger partial charge on any atom is 0.223 e. The molecular weight excluding hydrogens is 252 g/mol. The Morgan fingerprint density at radius 3 is 2.45 bits per heavy atom. The second-order valence-electron chi connectivity index (χ2n) is 4.69. The maximum absolute atomic E-state index is 11.9. The average Bonchev–Trinajstić information content (AvgIpc) is 2.47. The Bertz CT molecular complexity index is 403. The van der Waals surface area contributed by atoms with Gasteiger partial charge in [-0.25, -0.2) is 0 Å². The zero-order chi connectivity index (χ0) is 14.8. The molecule has 0 aliphatic carbocycles. The highest BCUT2D eigenvalue weighted by atomic mass is 16.5. The molecule has 4 nitrogen and oxygen atoms in total. The van der Waals surface area contributed by atoms with E-state index < -0.39 is 0 Å². The van der Waals surface area contributed by atoms with E-state index in [4.69, 9.17) is 4.74 Å². The molecule has 20 heavy (non-hydrogen) atoms. The van der Waals surface area contributed by atoms with Gasteiger partial charge in [0.25, 0.3) is 0 Å². The Balaban J connectivity index is 2.36. The van der Waals surface area contributed by atoms with Gasteiger partial charge in [-0.2, -0.15) is 0 Å². The average molecular weight is 278 g/mol. The highest BCUT2D eigenvalue weighted by Crippen LogP contribution is 2.09. The fourth-order valence-corrected chi connectivity index (χ4v) is 2.18. The predicted molar refractivity (Wildman–Crippen MR) is 81.4 cm³/mol. The van der Waals surface area contributed by atoms with Gasteiger partial charge < -0.3 is 15.0 Å². The summed E-state index contributed by atoms with van der Waals surface area (Å²) >= 11 is 0. The molecule has 1 rings (SSSR count). The molecule has 1 aromatic rings. The minimum atomic E-state index is 0.215. The van der Waals surface area contributed by atoms with Gasteiger partial charge >= 0.3 is 0 Å². The van der Waals surface area contributed by atoms with Crippen LogP contribution in [0.3, 0.4) is 0 Å². The first-order chi connectivity index (χ1) is 9.72. The van der Waals surface area contributed by atoms with Gasteiger partial charge in [-0.15, -0.1) is 0 Å². The van der Waals surface area contributed by atoms with Crippen LogP contribution in [0.1, 0.15) is 31.4 Å². The van der Waals surface area contributed by atoms with Crippen LogP contribution in [0.25, 0.3) is 0 Å². The number of amides is 1. The summed E-state index contributed by atoms with van der Waals surface area (Å²) in [5.74, 6) is 0.215. The molecule has 0 atom stereocenters. The van der Waals surface area contributed by atoms with Crippen molar-refractivity contribution < 1.29 is 9.53 Å². The molecule has 0 radical (unpaired) electrons. The Labute approximate surface area is 122 Å². The third kappa shape index (κ3) is 5.31. The first kappa shape index (κ1) is 16.7. The molecule has 0 aromatic heterocycles. The maximum atomic E-state index is 11.9. The number of carbonyl (C=O) groups excluding carboxylic acids is 1. The zero-order valence-corrected chi connectivity index (χ0v) is 12.8. The summed E-state index contributed by atoms with van der Waals surface area (Å²) in [7, 11) is 1.70. The Morgan fingerprint density at radius 2 is 1.85 bits per heavy atom. The number of benzene rings is 1. The van der Waals surface area contributed by atoms with Crippen molar-refractivity contribution >= 4 is 5.91 Å². The van der Waals surface area contributed by atoms with E-state index in [1.54, 1.807) is 7.11 Å². The molecule has 1 amide bonds. The lowest BCUT2D eigenvalue weighted by Crippen LogP contribution is -2.32. The highest BCUT2D eigenvalue weighted by Gasteiger charge is 2.08. The van der Waals surface area contributed by atoms with Gasteiger partial charge in [0.1, 0.15) is 0 Å². The van der Waals surface area contributed by atoms with Crippen molar-refractivity contribution in [1.82, 2.24) is 10.2 Å². The number of rotatable bonds is 9. The summed E-state index contributed by atoms with van der Waals surface area (Å²) in [6.07, 6.45) is 0.550. The number of nitrogens with one attached hydrogen (secondary N) is 1. The van der Waals surface area contributed by atoms with E-state index in [-0.39, 0.29) is 5.91 Å². The second-order valence-corrected chi connectivity index (χ2v) is 4.69. The number of methoxy groups -OCH3 is 1. The molecule has 0 saturated heterocycles. The Morgan fingerprint density at radius 1 is 1.20 bits per heavy atom. The minimum absolute atomic E-state index is 0.215. The summed E-state index contributed by atoms with van der Waals surface area (Å²) in [5, 5.41) is 3.33. The first-order valence-electron chi connectivity index (χ1n) is 7.27. The molecule has 0 unspecified atom stereocenters. The van der Waals surface area contributed by atoms with Crippen LogP contribution in [-0.2, 0) is 22.7 Å². The lowest BCUT2D eigenvalue weighted by Gasteiger charge is -2.18. The van der Waals surface area contributed by atoms with Gasteiger partial charge in [0.2, 0.25) is 5.91 Å². The van der Waals surface area contributed by atoms with Crippen molar-refractivity contribution in [3.63, 3.8) is 0 Å². The van der Waals surface area contributed by atoms with Crippen molar-refractivity contribution in [1.29, 1.82) is 0 Å². The normalized spacial score (nSPS) is 10.6. The molecule has 0 fully saturated rings. The molecule has 0 spiro atoms. The lowest BCUT2D eigenvalue weighted by molar-refractivity contribution is -0.130. The summed E-state index contributed by atoms with van der Waals surface area (Å²) in [6, 6.07) is 8.20. The third-order valence-corrected chi connectivity index (χ3v) is 3.37. The van der Waals surface area contributed by atoms with Crippen molar-refractivity contribution in [2.45, 2.75) is 33.4 Å². The lowest BCUT2D eigenvalue weighted by atomic mass is 10.1. The van der Waals surface area contributed by atoms with E-state index >= 15 is 0 Å². The van der Waals surface area contributed by atoms with Crippen molar-refractivity contribution in [2.75, 3.05) is 26.7 Å². The molecule has 0 aliphatic heterocycles. The topological polar surface area (TPSA) is 41.6 Å². The van der Waals surface area contributed by atoms with Crippen molar-refractivity contribution in [3.8, 4) is 0 Å². The SMILES string of the molecule is CCN(CC)C(=O)CCNCc1ccccc1COC. The summed E-state index contributed by atoms with van der Waals surface area (Å²) < 4.78 is 5.19. The highest BCUT2D eigenvalue weighted by molar-refractivity contribution is 5.76.